The Balaban J connectivity index is 0.000000311. The van der Waals surface area contributed by atoms with Crippen molar-refractivity contribution in [2.45, 2.75) is 24.9 Å². The van der Waals surface area contributed by atoms with Crippen LogP contribution in [0.4, 0.5) is 22.0 Å². The maximum atomic E-state index is 13.1. The molecule has 0 aliphatic rings. The SMILES string of the molecule is N[C@@H](Cc1c(F)c(F)c(F)c(F)c1F)C(=O)O.N[C@@H](Cc1ccc[nH]c1=O)C(=O)O. The van der Waals surface area contributed by atoms with Crippen molar-refractivity contribution in [3.8, 4) is 0 Å². The van der Waals surface area contributed by atoms with E-state index in [4.69, 9.17) is 21.7 Å². The third-order valence-electron chi connectivity index (χ3n) is 3.70. The highest BCUT2D eigenvalue weighted by Crippen LogP contribution is 2.23. The van der Waals surface area contributed by atoms with Gasteiger partial charge >= 0.3 is 11.9 Å². The van der Waals surface area contributed by atoms with Crippen LogP contribution in [0.5, 0.6) is 0 Å². The van der Waals surface area contributed by atoms with Crippen LogP contribution in [0.15, 0.2) is 23.1 Å². The summed E-state index contributed by atoms with van der Waals surface area (Å²) in [5.41, 5.74) is 9.07. The smallest absolute Gasteiger partial charge is 0.320 e. The molecule has 30 heavy (non-hydrogen) atoms. The zero-order valence-corrected chi connectivity index (χ0v) is 15.0. The summed E-state index contributed by atoms with van der Waals surface area (Å²) in [6.45, 7) is 0. The highest BCUT2D eigenvalue weighted by atomic mass is 19.2. The number of aromatic nitrogens is 1. The van der Waals surface area contributed by atoms with Crippen molar-refractivity contribution in [2.75, 3.05) is 0 Å². The third-order valence-corrected chi connectivity index (χ3v) is 3.70. The lowest BCUT2D eigenvalue weighted by atomic mass is 10.0. The molecule has 0 amide bonds. The van der Waals surface area contributed by atoms with Gasteiger partial charge in [0.1, 0.15) is 12.1 Å². The van der Waals surface area contributed by atoms with Gasteiger partial charge < -0.3 is 26.7 Å². The Bertz CT molecular complexity index is 969. The molecule has 0 saturated heterocycles. The molecular weight excluding hydrogens is 421 g/mol. The van der Waals surface area contributed by atoms with Gasteiger partial charge in [0, 0.05) is 30.2 Å². The van der Waals surface area contributed by atoms with Crippen molar-refractivity contribution in [3.05, 3.63) is 68.9 Å². The molecule has 0 radical (unpaired) electrons. The van der Waals surface area contributed by atoms with Crippen LogP contribution in [0.25, 0.3) is 0 Å². The Morgan fingerprint density at radius 3 is 1.73 bits per heavy atom. The molecule has 0 aliphatic carbocycles. The summed E-state index contributed by atoms with van der Waals surface area (Å²) in [5, 5.41) is 16.9. The number of pyridine rings is 1. The molecule has 0 unspecified atom stereocenters. The summed E-state index contributed by atoms with van der Waals surface area (Å²) in [6.07, 6.45) is 0.532. The normalized spacial score (nSPS) is 12.5. The minimum absolute atomic E-state index is 0.0471. The number of aliphatic carboxylic acids is 2. The maximum absolute atomic E-state index is 13.1. The Morgan fingerprint density at radius 1 is 0.867 bits per heavy atom. The van der Waals surface area contributed by atoms with Gasteiger partial charge in [0.2, 0.25) is 5.82 Å². The van der Waals surface area contributed by atoms with Crippen LogP contribution in [-0.2, 0) is 22.4 Å². The van der Waals surface area contributed by atoms with E-state index < -0.39 is 65.1 Å². The molecule has 2 rings (SSSR count). The molecule has 0 fully saturated rings. The van der Waals surface area contributed by atoms with Gasteiger partial charge in [0.25, 0.3) is 5.56 Å². The number of aromatic amines is 1. The van der Waals surface area contributed by atoms with E-state index in [2.05, 4.69) is 4.98 Å². The van der Waals surface area contributed by atoms with Gasteiger partial charge in [-0.15, -0.1) is 0 Å². The van der Waals surface area contributed by atoms with Gasteiger partial charge in [-0.2, -0.15) is 0 Å². The van der Waals surface area contributed by atoms with Crippen molar-refractivity contribution < 1.29 is 41.8 Å². The molecule has 0 aliphatic heterocycles. The minimum Gasteiger partial charge on any atom is -0.480 e. The van der Waals surface area contributed by atoms with E-state index in [9.17, 15) is 36.3 Å². The van der Waals surface area contributed by atoms with Crippen LogP contribution in [0, 0.1) is 29.1 Å². The minimum atomic E-state index is -2.30. The fraction of sp³-hybridized carbons (Fsp3) is 0.235. The van der Waals surface area contributed by atoms with Gasteiger partial charge in [0.05, 0.1) is 0 Å². The van der Waals surface area contributed by atoms with Crippen molar-refractivity contribution in [1.29, 1.82) is 0 Å². The first-order valence-corrected chi connectivity index (χ1v) is 8.02. The number of nitrogens with one attached hydrogen (secondary N) is 1. The van der Waals surface area contributed by atoms with E-state index in [1.54, 1.807) is 12.1 Å². The summed E-state index contributed by atoms with van der Waals surface area (Å²) >= 11 is 0. The predicted octanol–water partition coefficient (Wildman–Crippen LogP) is 0.666. The number of halogens is 5. The molecule has 1 aromatic heterocycles. The first-order valence-electron chi connectivity index (χ1n) is 8.02. The van der Waals surface area contributed by atoms with Crippen molar-refractivity contribution in [1.82, 2.24) is 4.98 Å². The molecule has 7 N–H and O–H groups in total. The van der Waals surface area contributed by atoms with Crippen LogP contribution in [0.1, 0.15) is 11.1 Å². The first kappa shape index (κ1) is 24.7. The maximum Gasteiger partial charge on any atom is 0.320 e. The molecular formula is C17H16F5N3O5. The van der Waals surface area contributed by atoms with Crippen LogP contribution < -0.4 is 17.0 Å². The van der Waals surface area contributed by atoms with E-state index in [-0.39, 0.29) is 12.0 Å². The molecule has 1 heterocycles. The molecule has 164 valence electrons. The van der Waals surface area contributed by atoms with Crippen molar-refractivity contribution >= 4 is 11.9 Å². The van der Waals surface area contributed by atoms with E-state index in [1.165, 1.54) is 6.20 Å². The molecule has 8 nitrogen and oxygen atoms in total. The number of carboxylic acids is 2. The lowest BCUT2D eigenvalue weighted by Gasteiger charge is -2.10. The molecule has 2 aromatic rings. The molecule has 13 heteroatoms. The summed E-state index contributed by atoms with van der Waals surface area (Å²) in [7, 11) is 0. The monoisotopic (exact) mass is 437 g/mol. The number of hydrogen-bond donors (Lipinski definition) is 5. The second-order valence-electron chi connectivity index (χ2n) is 5.87. The van der Waals surface area contributed by atoms with Crippen molar-refractivity contribution in [2.24, 2.45) is 11.5 Å². The van der Waals surface area contributed by atoms with Crippen molar-refractivity contribution in [3.63, 3.8) is 0 Å². The van der Waals surface area contributed by atoms with E-state index >= 15 is 0 Å². The molecule has 0 spiro atoms. The quantitative estimate of drug-likeness (QED) is 0.252. The van der Waals surface area contributed by atoms with Gasteiger partial charge in [0.15, 0.2) is 23.3 Å². The second-order valence-corrected chi connectivity index (χ2v) is 5.87. The zero-order valence-electron chi connectivity index (χ0n) is 15.0. The average molecular weight is 437 g/mol. The number of hydrogen-bond acceptors (Lipinski definition) is 5. The first-order chi connectivity index (χ1) is 13.9. The summed E-state index contributed by atoms with van der Waals surface area (Å²) in [6, 6.07) is 0.402. The highest BCUT2D eigenvalue weighted by Gasteiger charge is 2.27. The topological polar surface area (TPSA) is 159 Å². The lowest BCUT2D eigenvalue weighted by Crippen LogP contribution is -2.34. The van der Waals surface area contributed by atoms with Gasteiger partial charge in [-0.1, -0.05) is 6.07 Å². The number of carbonyl (C=O) groups is 2. The molecule has 2 atom stereocenters. The largest absolute Gasteiger partial charge is 0.480 e. The number of carboxylic acid groups (broad SMARTS) is 2. The Kier molecular flexibility index (Phi) is 8.61. The lowest BCUT2D eigenvalue weighted by molar-refractivity contribution is -0.139. The third kappa shape index (κ3) is 6.09. The highest BCUT2D eigenvalue weighted by molar-refractivity contribution is 5.73. The Hall–Kier alpha value is -3.32. The number of H-pyrrole nitrogens is 1. The number of benzene rings is 1. The molecule has 0 bridgehead atoms. The second kappa shape index (κ2) is 10.5. The van der Waals surface area contributed by atoms with Crippen LogP contribution in [0.2, 0.25) is 0 Å². The van der Waals surface area contributed by atoms with E-state index in [0.717, 1.165) is 0 Å². The van der Waals surface area contributed by atoms with Gasteiger partial charge in [-0.3, -0.25) is 14.4 Å². The summed E-state index contributed by atoms with van der Waals surface area (Å²) in [4.78, 5) is 34.2. The van der Waals surface area contributed by atoms with Crippen LogP contribution in [0.3, 0.4) is 0 Å². The summed E-state index contributed by atoms with van der Waals surface area (Å²) < 4.78 is 64.1. The van der Waals surface area contributed by atoms with Gasteiger partial charge in [-0.25, -0.2) is 22.0 Å². The zero-order chi connectivity index (χ0) is 23.2. The Morgan fingerprint density at radius 2 is 1.30 bits per heavy atom. The average Bonchev–Trinajstić information content (AvgIpc) is 2.70. The number of rotatable bonds is 6. The van der Waals surface area contributed by atoms with Crippen LogP contribution >= 0.6 is 0 Å². The van der Waals surface area contributed by atoms with Crippen LogP contribution in [-0.4, -0.2) is 39.2 Å². The standard InChI is InChI=1S/C9H6F5NO2.C8H10N2O3/c10-4-2(1-3(15)9(16)17)5(11)7(13)8(14)6(4)12;9-6(8(12)13)4-5-2-1-3-10-7(5)11/h3H,1,15H2,(H,16,17);1-3,6H,4,9H2,(H,10,11)(H,12,13)/t3-;6-/m00/s1. The van der Waals surface area contributed by atoms with E-state index in [1.807, 2.05) is 0 Å². The fourth-order valence-electron chi connectivity index (χ4n) is 2.08. The molecule has 1 aromatic carbocycles. The molecule has 0 saturated carbocycles. The fourth-order valence-corrected chi connectivity index (χ4v) is 2.08. The summed E-state index contributed by atoms with van der Waals surface area (Å²) in [5.74, 6) is -13.4. The predicted molar refractivity (Wildman–Crippen MR) is 91.9 cm³/mol. The van der Waals surface area contributed by atoms with Gasteiger partial charge in [-0.05, 0) is 6.07 Å². The number of nitrogens with two attached hydrogens (primary N) is 2. The van der Waals surface area contributed by atoms with E-state index in [0.29, 0.717) is 5.56 Å². The Labute approximate surface area is 164 Å².